The van der Waals surface area contributed by atoms with Crippen LogP contribution in [0.4, 0.5) is 0 Å². The average Bonchev–Trinajstić information content (AvgIpc) is 2.53. The molecule has 0 saturated carbocycles. The number of rotatable bonds is 5. The molecule has 1 unspecified atom stereocenters. The molecule has 0 aromatic rings. The second-order valence-electron chi connectivity index (χ2n) is 5.80. The lowest BCUT2D eigenvalue weighted by atomic mass is 9.77. The fraction of sp³-hybridized carbons (Fsp3) is 0.769. The van der Waals surface area contributed by atoms with Gasteiger partial charge in [0.05, 0.1) is 19.8 Å². The van der Waals surface area contributed by atoms with E-state index in [0.29, 0.717) is 13.0 Å². The third kappa shape index (κ3) is 2.44. The van der Waals surface area contributed by atoms with Crippen LogP contribution in [0.15, 0.2) is 0 Å². The van der Waals surface area contributed by atoms with Crippen LogP contribution in [-0.2, 0) is 14.4 Å². The van der Waals surface area contributed by atoms with Crippen molar-refractivity contribution in [1.29, 1.82) is 0 Å². The van der Waals surface area contributed by atoms with E-state index in [1.165, 1.54) is 9.80 Å². The minimum atomic E-state index is -1.08. The van der Waals surface area contributed by atoms with Crippen LogP contribution in [0.1, 0.15) is 19.3 Å². The molecule has 3 atom stereocenters. The number of nitrogens with zero attached hydrogens (tertiary/aromatic N) is 2. The maximum Gasteiger partial charge on any atom is 0.251 e. The van der Waals surface area contributed by atoms with Gasteiger partial charge in [-0.05, 0) is 19.3 Å². The number of nitrogens with two attached hydrogens (primary N) is 2. The summed E-state index contributed by atoms with van der Waals surface area (Å²) in [7, 11) is 0. The molecule has 9 heteroatoms. The van der Waals surface area contributed by atoms with Crippen molar-refractivity contribution in [3.63, 3.8) is 0 Å². The van der Waals surface area contributed by atoms with E-state index in [4.69, 9.17) is 16.6 Å². The van der Waals surface area contributed by atoms with E-state index in [2.05, 4.69) is 0 Å². The van der Waals surface area contributed by atoms with Gasteiger partial charge < -0.3 is 31.5 Å². The highest BCUT2D eigenvalue weighted by molar-refractivity contribution is 6.00. The molecule has 2 heterocycles. The summed E-state index contributed by atoms with van der Waals surface area (Å²) in [5.74, 6) is -1.66. The van der Waals surface area contributed by atoms with Crippen molar-refractivity contribution in [2.24, 2.45) is 11.5 Å². The third-order valence-electron chi connectivity index (χ3n) is 4.49. The standard InChI is InChI=1S/C13H22N4O5/c14-8(5-18)11(21)17-4-2-1-3-13(17)7-16(12(13)22)9(6-19)10(15)20/h8-9,18-19H,1-7,14H2,(H2,15,20)/t8-,9-,13?/m0/s1. The van der Waals surface area contributed by atoms with Gasteiger partial charge in [-0.3, -0.25) is 14.4 Å². The molecule has 0 aromatic carbocycles. The molecule has 6 N–H and O–H groups in total. The lowest BCUT2D eigenvalue weighted by Gasteiger charge is -2.57. The molecule has 1 spiro atoms. The second-order valence-corrected chi connectivity index (χ2v) is 5.80. The largest absolute Gasteiger partial charge is 0.394 e. The summed E-state index contributed by atoms with van der Waals surface area (Å²) < 4.78 is 0. The Labute approximate surface area is 127 Å². The monoisotopic (exact) mass is 314 g/mol. The van der Waals surface area contributed by atoms with Crippen LogP contribution in [0, 0.1) is 0 Å². The Balaban J connectivity index is 2.20. The number of likely N-dealkylation sites (tertiary alicyclic amines) is 2. The highest BCUT2D eigenvalue weighted by atomic mass is 16.3. The van der Waals surface area contributed by atoms with Crippen molar-refractivity contribution in [2.45, 2.75) is 36.9 Å². The van der Waals surface area contributed by atoms with E-state index in [1.807, 2.05) is 0 Å². The molecular weight excluding hydrogens is 292 g/mol. The number of hydrogen-bond donors (Lipinski definition) is 4. The molecule has 0 aliphatic carbocycles. The van der Waals surface area contributed by atoms with Crippen LogP contribution >= 0.6 is 0 Å². The minimum absolute atomic E-state index is 0.143. The van der Waals surface area contributed by atoms with Gasteiger partial charge >= 0.3 is 0 Å². The molecule has 0 radical (unpaired) electrons. The minimum Gasteiger partial charge on any atom is -0.394 e. The zero-order valence-corrected chi connectivity index (χ0v) is 12.3. The van der Waals surface area contributed by atoms with Crippen molar-refractivity contribution in [1.82, 2.24) is 9.80 Å². The van der Waals surface area contributed by atoms with Crippen LogP contribution in [0.25, 0.3) is 0 Å². The molecule has 2 fully saturated rings. The molecule has 22 heavy (non-hydrogen) atoms. The van der Waals surface area contributed by atoms with Gasteiger partial charge in [0.2, 0.25) is 11.8 Å². The predicted octanol–water partition coefficient (Wildman–Crippen LogP) is -3.25. The van der Waals surface area contributed by atoms with Gasteiger partial charge in [0.15, 0.2) is 0 Å². The molecule has 2 saturated heterocycles. The number of amides is 3. The van der Waals surface area contributed by atoms with E-state index in [1.54, 1.807) is 0 Å². The fourth-order valence-corrected chi connectivity index (χ4v) is 3.21. The Kier molecular flexibility index (Phi) is 4.69. The molecule has 2 aliphatic rings. The maximum absolute atomic E-state index is 12.6. The number of primary amides is 1. The van der Waals surface area contributed by atoms with Crippen molar-refractivity contribution in [3.05, 3.63) is 0 Å². The smallest absolute Gasteiger partial charge is 0.251 e. The summed E-state index contributed by atoms with van der Waals surface area (Å²) in [6, 6.07) is -2.15. The first-order chi connectivity index (χ1) is 10.4. The first kappa shape index (κ1) is 16.7. The van der Waals surface area contributed by atoms with Gasteiger partial charge in [-0.1, -0.05) is 0 Å². The zero-order chi connectivity index (χ0) is 16.5. The first-order valence-electron chi connectivity index (χ1n) is 7.28. The Morgan fingerprint density at radius 3 is 2.45 bits per heavy atom. The van der Waals surface area contributed by atoms with E-state index < -0.39 is 48.6 Å². The van der Waals surface area contributed by atoms with E-state index in [9.17, 15) is 19.5 Å². The SMILES string of the molecule is NC(=O)[C@H](CO)N1CC2(CCCCN2C(=O)[C@@H](N)CO)C1=O. The van der Waals surface area contributed by atoms with Gasteiger partial charge in [-0.25, -0.2) is 0 Å². The summed E-state index contributed by atoms with van der Waals surface area (Å²) in [5.41, 5.74) is 9.73. The van der Waals surface area contributed by atoms with Gasteiger partial charge in [0, 0.05) is 6.54 Å². The molecule has 124 valence electrons. The van der Waals surface area contributed by atoms with Gasteiger partial charge in [-0.15, -0.1) is 0 Å². The maximum atomic E-state index is 12.6. The van der Waals surface area contributed by atoms with E-state index >= 15 is 0 Å². The van der Waals surface area contributed by atoms with Crippen molar-refractivity contribution in [2.75, 3.05) is 26.3 Å². The molecule has 2 rings (SSSR count). The number of carbonyl (C=O) groups is 3. The average molecular weight is 314 g/mol. The lowest BCUT2D eigenvalue weighted by Crippen LogP contribution is -2.79. The van der Waals surface area contributed by atoms with Crippen LogP contribution in [0.3, 0.4) is 0 Å². The highest BCUT2D eigenvalue weighted by Gasteiger charge is 2.60. The zero-order valence-electron chi connectivity index (χ0n) is 12.3. The molecule has 0 bridgehead atoms. The summed E-state index contributed by atoms with van der Waals surface area (Å²) >= 11 is 0. The fourth-order valence-electron chi connectivity index (χ4n) is 3.21. The molecular formula is C13H22N4O5. The molecule has 9 nitrogen and oxygen atoms in total. The number of aliphatic hydroxyl groups excluding tert-OH is 2. The van der Waals surface area contributed by atoms with Crippen molar-refractivity contribution in [3.8, 4) is 0 Å². The summed E-state index contributed by atoms with van der Waals surface area (Å²) in [6.45, 7) is -0.526. The second kappa shape index (κ2) is 6.19. The normalized spacial score (nSPS) is 27.5. The number of carbonyl (C=O) groups excluding carboxylic acids is 3. The van der Waals surface area contributed by atoms with Crippen molar-refractivity contribution >= 4 is 17.7 Å². The topological polar surface area (TPSA) is 150 Å². The van der Waals surface area contributed by atoms with Crippen molar-refractivity contribution < 1.29 is 24.6 Å². The number of β-lactam (4-membered cyclic amide) rings is 1. The Morgan fingerprint density at radius 1 is 1.27 bits per heavy atom. The van der Waals surface area contributed by atoms with E-state index in [-0.39, 0.29) is 6.54 Å². The van der Waals surface area contributed by atoms with Crippen LogP contribution in [-0.4, -0.2) is 81.7 Å². The predicted molar refractivity (Wildman–Crippen MR) is 75.1 cm³/mol. The Bertz CT molecular complexity index is 485. The highest BCUT2D eigenvalue weighted by Crippen LogP contribution is 2.39. The van der Waals surface area contributed by atoms with Crippen LogP contribution in [0.5, 0.6) is 0 Å². The van der Waals surface area contributed by atoms with Crippen LogP contribution < -0.4 is 11.5 Å². The van der Waals surface area contributed by atoms with Gasteiger partial charge in [0.1, 0.15) is 17.6 Å². The first-order valence-corrected chi connectivity index (χ1v) is 7.28. The summed E-state index contributed by atoms with van der Waals surface area (Å²) in [5, 5.41) is 18.3. The summed E-state index contributed by atoms with van der Waals surface area (Å²) in [4.78, 5) is 38.8. The quantitative estimate of drug-likeness (QED) is 0.391. The van der Waals surface area contributed by atoms with Gasteiger partial charge in [0.25, 0.3) is 5.91 Å². The Hall–Kier alpha value is -1.71. The molecule has 3 amide bonds. The molecule has 0 aromatic heterocycles. The number of hydrogen-bond acceptors (Lipinski definition) is 6. The third-order valence-corrected chi connectivity index (χ3v) is 4.49. The Morgan fingerprint density at radius 2 is 1.95 bits per heavy atom. The van der Waals surface area contributed by atoms with E-state index in [0.717, 1.165) is 12.8 Å². The van der Waals surface area contributed by atoms with Crippen LogP contribution in [0.2, 0.25) is 0 Å². The molecule has 2 aliphatic heterocycles. The lowest BCUT2D eigenvalue weighted by molar-refractivity contribution is -0.182. The number of piperidine rings is 1. The summed E-state index contributed by atoms with van der Waals surface area (Å²) in [6.07, 6.45) is 2.00. The van der Waals surface area contributed by atoms with Gasteiger partial charge in [-0.2, -0.15) is 0 Å². The number of aliphatic hydroxyl groups is 2.